The lowest BCUT2D eigenvalue weighted by molar-refractivity contribution is -0.161. The Labute approximate surface area is 479 Å². The fourth-order valence-corrected chi connectivity index (χ4v) is 10.1. The molecule has 0 aromatic heterocycles. The van der Waals surface area contributed by atoms with Crippen molar-refractivity contribution in [2.75, 3.05) is 39.6 Å². The van der Waals surface area contributed by atoms with Gasteiger partial charge in [-0.25, -0.2) is 9.13 Å². The van der Waals surface area contributed by atoms with Gasteiger partial charge in [0.1, 0.15) is 25.4 Å². The highest BCUT2D eigenvalue weighted by Gasteiger charge is 2.29. The Bertz CT molecular complexity index is 1610. The third-order valence-electron chi connectivity index (χ3n) is 13.4. The Hall–Kier alpha value is -2.23. The number of carbonyl (C=O) groups excluding carboxylic acids is 3. The molecule has 0 saturated carbocycles. The first-order valence-electron chi connectivity index (χ1n) is 31.3. The number of carbonyl (C=O) groups is 3. The molecule has 0 aromatic carbocycles. The molecular weight excluding hydrogens is 1050 g/mol. The molecule has 4 N–H and O–H groups in total. The SMILES string of the molecule is CCCCC/C=C\C/C=C\C/C=C\CCCCCCCCC(=O)OCC(O)COP(=O)(O)OCC(O)COP(=O)(O)OCC(COC(=O)CCCCCCCCCCCCCCC)OC(=O)CCCCCCCCCCCCC. The molecule has 0 amide bonds. The van der Waals surface area contributed by atoms with E-state index in [-0.39, 0.29) is 19.3 Å². The summed E-state index contributed by atoms with van der Waals surface area (Å²) in [5, 5.41) is 20.5. The Balaban J connectivity index is 4.57. The molecule has 0 heterocycles. The van der Waals surface area contributed by atoms with Crippen molar-refractivity contribution < 1.29 is 75.8 Å². The van der Waals surface area contributed by atoms with Crippen molar-refractivity contribution in [3.05, 3.63) is 36.5 Å². The molecule has 18 heteroatoms. The molecule has 0 aliphatic carbocycles. The van der Waals surface area contributed by atoms with Gasteiger partial charge in [0.05, 0.1) is 26.4 Å². The summed E-state index contributed by atoms with van der Waals surface area (Å²) in [6, 6.07) is 0. The largest absolute Gasteiger partial charge is 0.472 e. The molecular formula is C61H114O16P2. The van der Waals surface area contributed by atoms with E-state index in [4.69, 9.17) is 32.3 Å². The van der Waals surface area contributed by atoms with Crippen molar-refractivity contribution in [1.82, 2.24) is 0 Å². The maximum absolute atomic E-state index is 12.8. The van der Waals surface area contributed by atoms with E-state index in [1.165, 1.54) is 122 Å². The monoisotopic (exact) mass is 1160 g/mol. The number of aliphatic hydroxyl groups excluding tert-OH is 2. The number of hydrogen-bond donors (Lipinski definition) is 4. The quantitative estimate of drug-likeness (QED) is 0.0146. The fraction of sp³-hybridized carbons (Fsp3) is 0.852. The molecule has 5 unspecified atom stereocenters. The van der Waals surface area contributed by atoms with Gasteiger partial charge in [-0.3, -0.25) is 32.5 Å². The van der Waals surface area contributed by atoms with Gasteiger partial charge in [0.25, 0.3) is 0 Å². The average molecular weight is 1170 g/mol. The molecule has 0 spiro atoms. The van der Waals surface area contributed by atoms with Crippen molar-refractivity contribution in [2.24, 2.45) is 0 Å². The van der Waals surface area contributed by atoms with Crippen molar-refractivity contribution in [2.45, 2.75) is 296 Å². The van der Waals surface area contributed by atoms with Crippen LogP contribution in [0.2, 0.25) is 0 Å². The summed E-state index contributed by atoms with van der Waals surface area (Å²) in [5.41, 5.74) is 0. The first kappa shape index (κ1) is 76.8. The van der Waals surface area contributed by atoms with Gasteiger partial charge in [0.2, 0.25) is 0 Å². The van der Waals surface area contributed by atoms with E-state index in [1.54, 1.807) is 0 Å². The molecule has 464 valence electrons. The van der Waals surface area contributed by atoms with Gasteiger partial charge in [-0.15, -0.1) is 0 Å². The Morgan fingerprint density at radius 3 is 1.03 bits per heavy atom. The van der Waals surface area contributed by atoms with E-state index in [0.717, 1.165) is 96.3 Å². The summed E-state index contributed by atoms with van der Waals surface area (Å²) in [6.45, 7) is 2.63. The molecule has 0 saturated heterocycles. The lowest BCUT2D eigenvalue weighted by atomic mass is 10.0. The maximum atomic E-state index is 12.8. The smallest absolute Gasteiger partial charge is 0.463 e. The topological polar surface area (TPSA) is 231 Å². The molecule has 0 aliphatic heterocycles. The number of rotatable bonds is 60. The number of phosphoric ester groups is 2. The van der Waals surface area contributed by atoms with Gasteiger partial charge in [-0.05, 0) is 57.8 Å². The number of ether oxygens (including phenoxy) is 3. The van der Waals surface area contributed by atoms with Gasteiger partial charge in [-0.1, -0.05) is 237 Å². The second kappa shape index (κ2) is 56.3. The van der Waals surface area contributed by atoms with E-state index in [0.29, 0.717) is 19.3 Å². The number of phosphoric acid groups is 2. The van der Waals surface area contributed by atoms with Gasteiger partial charge in [0.15, 0.2) is 6.10 Å². The lowest BCUT2D eigenvalue weighted by Crippen LogP contribution is -2.30. The minimum Gasteiger partial charge on any atom is -0.463 e. The van der Waals surface area contributed by atoms with Crippen LogP contribution >= 0.6 is 15.6 Å². The van der Waals surface area contributed by atoms with Crippen LogP contribution in [-0.4, -0.2) is 95.9 Å². The van der Waals surface area contributed by atoms with Gasteiger partial charge in [0, 0.05) is 19.3 Å². The van der Waals surface area contributed by atoms with Crippen LogP contribution in [0.1, 0.15) is 278 Å². The van der Waals surface area contributed by atoms with Crippen LogP contribution in [0.15, 0.2) is 36.5 Å². The van der Waals surface area contributed by atoms with E-state index in [9.17, 15) is 43.5 Å². The molecule has 0 aromatic rings. The summed E-state index contributed by atoms with van der Waals surface area (Å²) in [5.74, 6) is -1.57. The summed E-state index contributed by atoms with van der Waals surface area (Å²) < 4.78 is 60.6. The number of aliphatic hydroxyl groups is 2. The summed E-state index contributed by atoms with van der Waals surface area (Å²) in [7, 11) is -9.74. The first-order valence-corrected chi connectivity index (χ1v) is 34.3. The van der Waals surface area contributed by atoms with Crippen molar-refractivity contribution in [3.8, 4) is 0 Å². The number of esters is 3. The maximum Gasteiger partial charge on any atom is 0.472 e. The van der Waals surface area contributed by atoms with Crippen LogP contribution in [-0.2, 0) is 55.8 Å². The molecule has 0 rings (SSSR count). The highest BCUT2D eigenvalue weighted by atomic mass is 31.2. The number of hydrogen-bond acceptors (Lipinski definition) is 14. The highest BCUT2D eigenvalue weighted by molar-refractivity contribution is 7.47. The van der Waals surface area contributed by atoms with Crippen LogP contribution < -0.4 is 0 Å². The molecule has 16 nitrogen and oxygen atoms in total. The second-order valence-electron chi connectivity index (χ2n) is 21.2. The van der Waals surface area contributed by atoms with Crippen molar-refractivity contribution in [3.63, 3.8) is 0 Å². The van der Waals surface area contributed by atoms with E-state index < -0.39 is 91.5 Å². The molecule has 5 atom stereocenters. The standard InChI is InChI=1S/C61H114O16P2/c1-4-7-10-13-16-19-22-24-25-26-27-28-29-31-34-35-38-41-44-47-59(64)71-50-56(62)51-73-78(67,68)74-52-57(63)53-75-79(69,70)76-55-58(77-61(66)49-46-43-40-37-32-21-18-15-12-9-6-3)54-72-60(65)48-45-42-39-36-33-30-23-20-17-14-11-8-5-2/h16,19,24-25,27-28,56-58,62-63H,4-15,17-18,20-23,26,29-55H2,1-3H3,(H,67,68)(H,69,70)/b19-16-,25-24-,28-27-. The van der Waals surface area contributed by atoms with Gasteiger partial charge < -0.3 is 34.2 Å². The minimum absolute atomic E-state index is 0.112. The third-order valence-corrected chi connectivity index (χ3v) is 15.3. The Kier molecular flexibility index (Phi) is 54.7. The molecule has 0 fully saturated rings. The zero-order valence-corrected chi connectivity index (χ0v) is 51.6. The van der Waals surface area contributed by atoms with E-state index in [1.807, 2.05) is 0 Å². The number of allylic oxidation sites excluding steroid dienone is 6. The van der Waals surface area contributed by atoms with Crippen LogP contribution in [0.5, 0.6) is 0 Å². The normalized spacial score (nSPS) is 14.7. The van der Waals surface area contributed by atoms with Gasteiger partial charge >= 0.3 is 33.6 Å². The summed E-state index contributed by atoms with van der Waals surface area (Å²) in [4.78, 5) is 58.0. The molecule has 0 bridgehead atoms. The van der Waals surface area contributed by atoms with E-state index >= 15 is 0 Å². The predicted octanol–water partition coefficient (Wildman–Crippen LogP) is 16.3. The average Bonchev–Trinajstić information content (AvgIpc) is 3.42. The zero-order chi connectivity index (χ0) is 58.2. The highest BCUT2D eigenvalue weighted by Crippen LogP contribution is 2.45. The summed E-state index contributed by atoms with van der Waals surface area (Å²) >= 11 is 0. The van der Waals surface area contributed by atoms with Gasteiger partial charge in [-0.2, -0.15) is 0 Å². The van der Waals surface area contributed by atoms with Crippen LogP contribution in [0.3, 0.4) is 0 Å². The Morgan fingerprint density at radius 2 is 0.633 bits per heavy atom. The Morgan fingerprint density at radius 1 is 0.354 bits per heavy atom. The zero-order valence-electron chi connectivity index (χ0n) is 49.8. The third kappa shape index (κ3) is 57.4. The fourth-order valence-electron chi connectivity index (χ4n) is 8.52. The van der Waals surface area contributed by atoms with Crippen molar-refractivity contribution in [1.29, 1.82) is 0 Å². The van der Waals surface area contributed by atoms with Crippen molar-refractivity contribution >= 4 is 33.6 Å². The summed E-state index contributed by atoms with van der Waals surface area (Å²) in [6.07, 6.45) is 50.7. The minimum atomic E-state index is -4.90. The molecule has 0 radical (unpaired) electrons. The number of unbranched alkanes of at least 4 members (excludes halogenated alkanes) is 31. The molecule has 79 heavy (non-hydrogen) atoms. The van der Waals surface area contributed by atoms with E-state index in [2.05, 4.69) is 57.2 Å². The van der Waals surface area contributed by atoms with Crippen LogP contribution in [0, 0.1) is 0 Å². The predicted molar refractivity (Wildman–Crippen MR) is 316 cm³/mol. The van der Waals surface area contributed by atoms with Crippen LogP contribution in [0.25, 0.3) is 0 Å². The molecule has 0 aliphatic rings. The van der Waals surface area contributed by atoms with Crippen LogP contribution in [0.4, 0.5) is 0 Å². The lowest BCUT2D eigenvalue weighted by Gasteiger charge is -2.21. The second-order valence-corrected chi connectivity index (χ2v) is 24.1. The first-order chi connectivity index (χ1) is 38.2.